The number of alkyl halides is 3. The summed E-state index contributed by atoms with van der Waals surface area (Å²) in [6.45, 7) is 0. The van der Waals surface area contributed by atoms with Crippen molar-refractivity contribution in [2.45, 2.75) is 6.18 Å². The van der Waals surface area contributed by atoms with Gasteiger partial charge in [0.05, 0.1) is 5.56 Å². The third-order valence-electron chi connectivity index (χ3n) is 2.68. The highest BCUT2D eigenvalue weighted by molar-refractivity contribution is 9.10. The lowest BCUT2D eigenvalue weighted by Crippen LogP contribution is -2.01. The smallest absolute Gasteiger partial charge is 0.419 e. The van der Waals surface area contributed by atoms with Crippen molar-refractivity contribution in [2.75, 3.05) is 12.4 Å². The van der Waals surface area contributed by atoms with Gasteiger partial charge < -0.3 is 9.73 Å². The van der Waals surface area contributed by atoms with Gasteiger partial charge in [-0.3, -0.25) is 0 Å². The molecule has 2 aromatic rings. The van der Waals surface area contributed by atoms with Crippen LogP contribution >= 0.6 is 15.9 Å². The summed E-state index contributed by atoms with van der Waals surface area (Å²) in [5, 5.41) is 3.01. The average Bonchev–Trinajstić information content (AvgIpc) is 2.85. The summed E-state index contributed by atoms with van der Waals surface area (Å²) >= 11 is 3.40. The van der Waals surface area contributed by atoms with E-state index in [1.54, 1.807) is 13.1 Å². The van der Waals surface area contributed by atoms with Crippen molar-refractivity contribution in [3.63, 3.8) is 0 Å². The van der Waals surface area contributed by atoms with Gasteiger partial charge in [0.2, 0.25) is 0 Å². The molecular weight excluding hydrogens is 335 g/mol. The molecule has 0 fully saturated rings. The van der Waals surface area contributed by atoms with Gasteiger partial charge in [0.1, 0.15) is 12.0 Å². The van der Waals surface area contributed by atoms with Crippen LogP contribution in [-0.4, -0.2) is 7.05 Å². The van der Waals surface area contributed by atoms with Crippen molar-refractivity contribution in [1.82, 2.24) is 0 Å². The molecule has 0 radical (unpaired) electrons. The molecule has 1 N–H and O–H groups in total. The molecule has 0 atom stereocenters. The van der Waals surface area contributed by atoms with Crippen molar-refractivity contribution >= 4 is 33.8 Å². The molecule has 0 unspecified atom stereocenters. The van der Waals surface area contributed by atoms with Gasteiger partial charge in [0.15, 0.2) is 0 Å². The minimum atomic E-state index is -4.39. The maximum Gasteiger partial charge on any atom is 0.419 e. The van der Waals surface area contributed by atoms with Crippen LogP contribution in [0.1, 0.15) is 16.9 Å². The van der Waals surface area contributed by atoms with Crippen molar-refractivity contribution in [1.29, 1.82) is 0 Å². The highest BCUT2D eigenvalue weighted by Crippen LogP contribution is 2.32. The molecule has 0 spiro atoms. The fourth-order valence-electron chi connectivity index (χ4n) is 1.68. The molecule has 2 rings (SSSR count). The Kier molecular flexibility index (Phi) is 4.23. The van der Waals surface area contributed by atoms with Gasteiger partial charge in [0.25, 0.3) is 0 Å². The van der Waals surface area contributed by atoms with E-state index < -0.39 is 11.7 Å². The summed E-state index contributed by atoms with van der Waals surface area (Å²) in [5.41, 5.74) is 0.899. The van der Waals surface area contributed by atoms with Gasteiger partial charge in [-0.15, -0.1) is 0 Å². The lowest BCUT2D eigenvalue weighted by Gasteiger charge is -2.06. The van der Waals surface area contributed by atoms with Crippen molar-refractivity contribution < 1.29 is 17.6 Å². The molecule has 6 heteroatoms. The van der Waals surface area contributed by atoms with E-state index in [9.17, 15) is 13.2 Å². The summed E-state index contributed by atoms with van der Waals surface area (Å²) in [4.78, 5) is 0. The SMILES string of the molecule is CNc1cccc(Br)c1/C=C/c1cc(C(F)(F)F)co1. The first-order valence-corrected chi connectivity index (χ1v) is 6.51. The van der Waals surface area contributed by atoms with Crippen LogP contribution in [0.5, 0.6) is 0 Å². The van der Waals surface area contributed by atoms with Crippen LogP contribution in [-0.2, 0) is 6.18 Å². The topological polar surface area (TPSA) is 25.2 Å². The first kappa shape index (κ1) is 14.7. The Labute approximate surface area is 122 Å². The van der Waals surface area contributed by atoms with E-state index in [-0.39, 0.29) is 5.76 Å². The van der Waals surface area contributed by atoms with Crippen LogP contribution in [0.25, 0.3) is 12.2 Å². The van der Waals surface area contributed by atoms with Gasteiger partial charge in [0, 0.05) is 22.8 Å². The predicted molar refractivity (Wildman–Crippen MR) is 76.3 cm³/mol. The van der Waals surface area contributed by atoms with Crippen LogP contribution in [0.3, 0.4) is 0 Å². The fourth-order valence-corrected chi connectivity index (χ4v) is 2.18. The van der Waals surface area contributed by atoms with E-state index in [1.807, 2.05) is 18.2 Å². The molecule has 2 nitrogen and oxygen atoms in total. The summed E-state index contributed by atoms with van der Waals surface area (Å²) in [6, 6.07) is 6.55. The summed E-state index contributed by atoms with van der Waals surface area (Å²) in [6.07, 6.45) is -0.497. The van der Waals surface area contributed by atoms with Crippen molar-refractivity contribution in [3.8, 4) is 0 Å². The van der Waals surface area contributed by atoms with Crippen LogP contribution in [0.15, 0.2) is 39.4 Å². The molecule has 0 bridgehead atoms. The minimum absolute atomic E-state index is 0.148. The lowest BCUT2D eigenvalue weighted by molar-refractivity contribution is -0.137. The highest BCUT2D eigenvalue weighted by Gasteiger charge is 2.32. The van der Waals surface area contributed by atoms with E-state index in [0.29, 0.717) is 6.26 Å². The fraction of sp³-hybridized carbons (Fsp3) is 0.143. The molecule has 0 amide bonds. The Bertz CT molecular complexity index is 632. The van der Waals surface area contributed by atoms with Gasteiger partial charge in [-0.2, -0.15) is 13.2 Å². The summed E-state index contributed by atoms with van der Waals surface area (Å²) in [7, 11) is 1.77. The van der Waals surface area contributed by atoms with E-state index >= 15 is 0 Å². The number of furan rings is 1. The standard InChI is InChI=1S/C14H11BrF3NO/c1-19-13-4-2-3-12(15)11(13)6-5-10-7-9(8-20-10)14(16,17)18/h2-8,19H,1H3/b6-5+. The molecular formula is C14H11BrF3NO. The summed E-state index contributed by atoms with van der Waals surface area (Å²) in [5.74, 6) is 0.148. The predicted octanol–water partition coefficient (Wildman–Crippen LogP) is 5.27. The molecule has 1 aromatic carbocycles. The molecule has 1 aromatic heterocycles. The van der Waals surface area contributed by atoms with Crippen LogP contribution in [0.2, 0.25) is 0 Å². The van der Waals surface area contributed by atoms with Crippen LogP contribution in [0, 0.1) is 0 Å². The monoisotopic (exact) mass is 345 g/mol. The number of hydrogen-bond donors (Lipinski definition) is 1. The normalized spacial score (nSPS) is 12.1. The summed E-state index contributed by atoms with van der Waals surface area (Å²) < 4.78 is 43.1. The van der Waals surface area contributed by atoms with E-state index in [2.05, 4.69) is 21.2 Å². The number of rotatable bonds is 3. The maximum atomic E-state index is 12.4. The minimum Gasteiger partial charge on any atom is -0.464 e. The number of halogens is 4. The Morgan fingerprint density at radius 3 is 2.60 bits per heavy atom. The zero-order chi connectivity index (χ0) is 14.8. The Morgan fingerprint density at radius 1 is 1.25 bits per heavy atom. The van der Waals surface area contributed by atoms with Crippen LogP contribution < -0.4 is 5.32 Å². The number of benzene rings is 1. The van der Waals surface area contributed by atoms with Crippen molar-refractivity contribution in [3.05, 3.63) is 51.9 Å². The Balaban J connectivity index is 2.28. The third kappa shape index (κ3) is 3.25. The zero-order valence-electron chi connectivity index (χ0n) is 10.5. The lowest BCUT2D eigenvalue weighted by atomic mass is 10.1. The second-order valence-electron chi connectivity index (χ2n) is 4.02. The maximum absolute atomic E-state index is 12.4. The third-order valence-corrected chi connectivity index (χ3v) is 3.38. The average molecular weight is 346 g/mol. The van der Waals surface area contributed by atoms with Crippen LogP contribution in [0.4, 0.5) is 18.9 Å². The molecule has 0 aliphatic carbocycles. The Hall–Kier alpha value is -1.69. The molecule has 106 valence electrons. The number of hydrogen-bond acceptors (Lipinski definition) is 2. The first-order valence-electron chi connectivity index (χ1n) is 5.72. The van der Waals surface area contributed by atoms with E-state index in [1.165, 1.54) is 6.08 Å². The molecule has 20 heavy (non-hydrogen) atoms. The van der Waals surface area contributed by atoms with Gasteiger partial charge in [-0.1, -0.05) is 22.0 Å². The quantitative estimate of drug-likeness (QED) is 0.819. The molecule has 1 heterocycles. The highest BCUT2D eigenvalue weighted by atomic mass is 79.9. The van der Waals surface area contributed by atoms with E-state index in [0.717, 1.165) is 21.8 Å². The molecule has 0 saturated heterocycles. The molecule has 0 saturated carbocycles. The second kappa shape index (κ2) is 5.75. The first-order chi connectivity index (χ1) is 9.41. The van der Waals surface area contributed by atoms with Gasteiger partial charge in [-0.05, 0) is 30.4 Å². The largest absolute Gasteiger partial charge is 0.464 e. The number of anilines is 1. The molecule has 0 aliphatic rings. The Morgan fingerprint density at radius 2 is 2.00 bits per heavy atom. The zero-order valence-corrected chi connectivity index (χ0v) is 12.0. The van der Waals surface area contributed by atoms with E-state index in [4.69, 9.17) is 4.42 Å². The van der Waals surface area contributed by atoms with Crippen molar-refractivity contribution in [2.24, 2.45) is 0 Å². The van der Waals surface area contributed by atoms with Gasteiger partial charge in [-0.25, -0.2) is 0 Å². The van der Waals surface area contributed by atoms with Gasteiger partial charge >= 0.3 is 6.18 Å². The molecule has 0 aliphatic heterocycles. The number of nitrogens with one attached hydrogen (secondary N) is 1. The second-order valence-corrected chi connectivity index (χ2v) is 4.87.